The second-order valence-electron chi connectivity index (χ2n) is 6.56. The lowest BCUT2D eigenvalue weighted by Gasteiger charge is -2.18. The van der Waals surface area contributed by atoms with E-state index in [9.17, 15) is 13.2 Å². The maximum atomic E-state index is 12.8. The van der Waals surface area contributed by atoms with Crippen molar-refractivity contribution in [2.75, 3.05) is 18.6 Å². The van der Waals surface area contributed by atoms with E-state index in [1.165, 1.54) is 0 Å². The minimum atomic E-state index is -3.67. The van der Waals surface area contributed by atoms with Crippen molar-refractivity contribution in [3.8, 4) is 5.75 Å². The first-order valence-corrected chi connectivity index (χ1v) is 10.4. The van der Waals surface area contributed by atoms with Crippen LogP contribution in [0.2, 0.25) is 0 Å². The molecule has 7 heteroatoms. The molecule has 0 aliphatic carbocycles. The van der Waals surface area contributed by atoms with Gasteiger partial charge in [-0.3, -0.25) is 4.79 Å². The molecule has 0 radical (unpaired) electrons. The fraction of sp³-hybridized carbons (Fsp3) is 0.350. The highest BCUT2D eigenvalue weighted by Crippen LogP contribution is 2.31. The van der Waals surface area contributed by atoms with Gasteiger partial charge in [0.25, 0.3) is 0 Å². The van der Waals surface area contributed by atoms with Gasteiger partial charge in [0, 0.05) is 24.7 Å². The van der Waals surface area contributed by atoms with Gasteiger partial charge in [-0.2, -0.15) is 0 Å². The third kappa shape index (κ3) is 3.99. The molecule has 1 heterocycles. The molecule has 2 aromatic carbocycles. The van der Waals surface area contributed by atoms with E-state index in [2.05, 4.69) is 4.72 Å². The summed E-state index contributed by atoms with van der Waals surface area (Å²) in [7, 11) is -2.09. The van der Waals surface area contributed by atoms with Crippen LogP contribution in [0.5, 0.6) is 5.75 Å². The number of nitrogens with one attached hydrogen (secondary N) is 1. The van der Waals surface area contributed by atoms with Gasteiger partial charge in [-0.15, -0.1) is 0 Å². The Morgan fingerprint density at radius 2 is 1.93 bits per heavy atom. The van der Waals surface area contributed by atoms with Crippen LogP contribution in [-0.2, 0) is 21.2 Å². The van der Waals surface area contributed by atoms with Crippen molar-refractivity contribution in [3.63, 3.8) is 0 Å². The van der Waals surface area contributed by atoms with Crippen molar-refractivity contribution >= 4 is 21.6 Å². The number of benzene rings is 2. The lowest BCUT2D eigenvalue weighted by molar-refractivity contribution is -0.118. The molecule has 0 bridgehead atoms. The van der Waals surface area contributed by atoms with E-state index in [0.717, 1.165) is 22.6 Å². The zero-order chi connectivity index (χ0) is 19.6. The lowest BCUT2D eigenvalue weighted by atomic mass is 10.1. The number of methoxy groups -OCH3 is 1. The van der Waals surface area contributed by atoms with Crippen LogP contribution in [0.3, 0.4) is 0 Å². The fourth-order valence-electron chi connectivity index (χ4n) is 3.26. The van der Waals surface area contributed by atoms with Crippen LogP contribution in [0, 0.1) is 0 Å². The van der Waals surface area contributed by atoms with Gasteiger partial charge in [-0.05, 0) is 54.8 Å². The summed E-state index contributed by atoms with van der Waals surface area (Å²) in [6.07, 6.45) is 1.10. The first-order chi connectivity index (χ1) is 12.9. The Kier molecular flexibility index (Phi) is 5.53. The summed E-state index contributed by atoms with van der Waals surface area (Å²) in [6.45, 7) is 4.22. The second-order valence-corrected chi connectivity index (χ2v) is 8.27. The van der Waals surface area contributed by atoms with Gasteiger partial charge < -0.3 is 9.64 Å². The van der Waals surface area contributed by atoms with Crippen LogP contribution in [0.25, 0.3) is 0 Å². The molecule has 144 valence electrons. The second kappa shape index (κ2) is 7.70. The van der Waals surface area contributed by atoms with Crippen LogP contribution in [0.4, 0.5) is 5.69 Å². The van der Waals surface area contributed by atoms with Crippen LogP contribution < -0.4 is 14.4 Å². The first kappa shape index (κ1) is 19.4. The summed E-state index contributed by atoms with van der Waals surface area (Å²) < 4.78 is 33.4. The summed E-state index contributed by atoms with van der Waals surface area (Å²) >= 11 is 0. The highest BCUT2D eigenvalue weighted by atomic mass is 32.2. The highest BCUT2D eigenvalue weighted by molar-refractivity contribution is 7.89. The topological polar surface area (TPSA) is 75.7 Å². The molecule has 0 saturated heterocycles. The molecular formula is C20H24N2O4S. The number of fused-ring (bicyclic) bond motifs is 1. The quantitative estimate of drug-likeness (QED) is 0.825. The SMILES string of the molecule is CCC(=O)N1CCc2cc(S(=O)(=O)N[C@@H](C)c3ccc(OC)cc3)ccc21. The molecule has 27 heavy (non-hydrogen) atoms. The molecule has 1 N–H and O–H groups in total. The first-order valence-electron chi connectivity index (χ1n) is 8.95. The molecule has 1 aliphatic heterocycles. The molecule has 0 fully saturated rings. The molecule has 1 aliphatic rings. The summed E-state index contributed by atoms with van der Waals surface area (Å²) in [4.78, 5) is 13.9. The van der Waals surface area contributed by atoms with Crippen molar-refractivity contribution in [2.24, 2.45) is 0 Å². The Morgan fingerprint density at radius 1 is 1.22 bits per heavy atom. The van der Waals surface area contributed by atoms with E-state index < -0.39 is 10.0 Å². The smallest absolute Gasteiger partial charge is 0.241 e. The van der Waals surface area contributed by atoms with Crippen LogP contribution in [0.15, 0.2) is 47.4 Å². The molecule has 0 unspecified atom stereocenters. The number of nitrogens with zero attached hydrogens (tertiary/aromatic N) is 1. The van der Waals surface area contributed by atoms with E-state index >= 15 is 0 Å². The minimum Gasteiger partial charge on any atom is -0.497 e. The fourth-order valence-corrected chi connectivity index (χ4v) is 4.54. The largest absolute Gasteiger partial charge is 0.497 e. The maximum Gasteiger partial charge on any atom is 0.241 e. The minimum absolute atomic E-state index is 0.0515. The maximum absolute atomic E-state index is 12.8. The number of carbonyl (C=O) groups is 1. The molecule has 1 atom stereocenters. The monoisotopic (exact) mass is 388 g/mol. The van der Waals surface area contributed by atoms with Gasteiger partial charge in [0.05, 0.1) is 12.0 Å². The lowest BCUT2D eigenvalue weighted by Crippen LogP contribution is -2.28. The molecular weight excluding hydrogens is 364 g/mol. The number of carbonyl (C=O) groups excluding carboxylic acids is 1. The number of rotatable bonds is 6. The Morgan fingerprint density at radius 3 is 2.56 bits per heavy atom. The number of hydrogen-bond acceptors (Lipinski definition) is 4. The Bertz CT molecular complexity index is 939. The number of sulfonamides is 1. The van der Waals surface area contributed by atoms with E-state index in [-0.39, 0.29) is 16.8 Å². The molecule has 6 nitrogen and oxygen atoms in total. The van der Waals surface area contributed by atoms with Crippen LogP contribution in [0.1, 0.15) is 37.4 Å². The van der Waals surface area contributed by atoms with Gasteiger partial charge >= 0.3 is 0 Å². The zero-order valence-electron chi connectivity index (χ0n) is 15.7. The molecule has 0 saturated carbocycles. The molecule has 2 aromatic rings. The van der Waals surface area contributed by atoms with E-state index in [1.54, 1.807) is 49.3 Å². The van der Waals surface area contributed by atoms with Crippen molar-refractivity contribution < 1.29 is 17.9 Å². The van der Waals surface area contributed by atoms with Crippen LogP contribution >= 0.6 is 0 Å². The van der Waals surface area contributed by atoms with Crippen molar-refractivity contribution in [1.29, 1.82) is 0 Å². The predicted octanol–water partition coefficient (Wildman–Crippen LogP) is 3.03. The number of anilines is 1. The van der Waals surface area contributed by atoms with Crippen molar-refractivity contribution in [2.45, 2.75) is 37.6 Å². The van der Waals surface area contributed by atoms with Crippen molar-refractivity contribution in [3.05, 3.63) is 53.6 Å². The van der Waals surface area contributed by atoms with Gasteiger partial charge in [0.15, 0.2) is 0 Å². The Balaban J connectivity index is 1.80. The summed E-state index contributed by atoms with van der Waals surface area (Å²) in [6, 6.07) is 11.8. The Hall–Kier alpha value is -2.38. The normalized spacial score (nSPS) is 14.7. The average Bonchev–Trinajstić information content (AvgIpc) is 3.10. The van der Waals surface area contributed by atoms with Crippen LogP contribution in [-0.4, -0.2) is 28.0 Å². The molecule has 3 rings (SSSR count). The summed E-state index contributed by atoms with van der Waals surface area (Å²) in [5, 5.41) is 0. The van der Waals surface area contributed by atoms with Gasteiger partial charge in [-0.25, -0.2) is 13.1 Å². The number of ether oxygens (including phenoxy) is 1. The predicted molar refractivity (Wildman–Crippen MR) is 105 cm³/mol. The zero-order valence-corrected chi connectivity index (χ0v) is 16.5. The number of amides is 1. The van der Waals surface area contributed by atoms with Gasteiger partial charge in [0.2, 0.25) is 15.9 Å². The number of hydrogen-bond donors (Lipinski definition) is 1. The van der Waals surface area contributed by atoms with Gasteiger partial charge in [0.1, 0.15) is 5.75 Å². The summed E-state index contributed by atoms with van der Waals surface area (Å²) in [5.74, 6) is 0.772. The molecule has 0 spiro atoms. The standard InChI is InChI=1S/C20H24N2O4S/c1-4-20(23)22-12-11-16-13-18(9-10-19(16)22)27(24,25)21-14(2)15-5-7-17(26-3)8-6-15/h5-10,13-14,21H,4,11-12H2,1-3H3/t14-/m0/s1. The third-order valence-corrected chi connectivity index (χ3v) is 6.35. The Labute approximate surface area is 160 Å². The third-order valence-electron chi connectivity index (χ3n) is 4.81. The highest BCUT2D eigenvalue weighted by Gasteiger charge is 2.26. The molecule has 0 aromatic heterocycles. The van der Waals surface area contributed by atoms with Gasteiger partial charge in [-0.1, -0.05) is 19.1 Å². The molecule has 1 amide bonds. The van der Waals surface area contributed by atoms with E-state index in [4.69, 9.17) is 4.74 Å². The average molecular weight is 388 g/mol. The van der Waals surface area contributed by atoms with Crippen molar-refractivity contribution in [1.82, 2.24) is 4.72 Å². The summed E-state index contributed by atoms with van der Waals surface area (Å²) in [5.41, 5.74) is 2.54. The van der Waals surface area contributed by atoms with E-state index in [1.807, 2.05) is 19.1 Å². The van der Waals surface area contributed by atoms with E-state index in [0.29, 0.717) is 19.4 Å².